The van der Waals surface area contributed by atoms with Crippen LogP contribution in [0.2, 0.25) is 0 Å². The van der Waals surface area contributed by atoms with Crippen LogP contribution >= 0.6 is 11.3 Å². The second kappa shape index (κ2) is 6.32. The highest BCUT2D eigenvalue weighted by Gasteiger charge is 2.19. The predicted molar refractivity (Wildman–Crippen MR) is 100 cm³/mol. The summed E-state index contributed by atoms with van der Waals surface area (Å²) in [6.07, 6.45) is 0.790. The van der Waals surface area contributed by atoms with Crippen LogP contribution in [0, 0.1) is 27.7 Å². The van der Waals surface area contributed by atoms with Gasteiger partial charge in [0.15, 0.2) is 0 Å². The van der Waals surface area contributed by atoms with Crippen molar-refractivity contribution in [2.45, 2.75) is 41.0 Å². The fraction of sp³-hybridized carbons (Fsp3) is 0.316. The molecule has 0 spiro atoms. The molecule has 0 saturated heterocycles. The molecule has 0 radical (unpaired) electrons. The van der Waals surface area contributed by atoms with Crippen molar-refractivity contribution in [3.05, 3.63) is 51.3 Å². The summed E-state index contributed by atoms with van der Waals surface area (Å²) < 4.78 is 0. The molecule has 0 aliphatic heterocycles. The molecule has 4 nitrogen and oxygen atoms in total. The Kier molecular flexibility index (Phi) is 4.37. The zero-order valence-corrected chi connectivity index (χ0v) is 15.5. The summed E-state index contributed by atoms with van der Waals surface area (Å²) in [6, 6.07) is 6.02. The van der Waals surface area contributed by atoms with Crippen molar-refractivity contribution in [1.82, 2.24) is 9.97 Å². The Hall–Kier alpha value is -2.27. The third-order valence-electron chi connectivity index (χ3n) is 4.17. The molecule has 0 fully saturated rings. The minimum atomic E-state index is -0.0834. The van der Waals surface area contributed by atoms with E-state index >= 15 is 0 Å². The zero-order valence-electron chi connectivity index (χ0n) is 14.7. The van der Waals surface area contributed by atoms with Gasteiger partial charge in [-0.25, -0.2) is 9.97 Å². The summed E-state index contributed by atoms with van der Waals surface area (Å²) in [7, 11) is 0. The number of benzene rings is 1. The van der Waals surface area contributed by atoms with Gasteiger partial charge < -0.3 is 5.32 Å². The topological polar surface area (TPSA) is 54.9 Å². The number of hydrogen-bond donors (Lipinski definition) is 1. The van der Waals surface area contributed by atoms with E-state index in [0.717, 1.165) is 45.0 Å². The first-order valence-corrected chi connectivity index (χ1v) is 8.87. The number of hydrogen-bond acceptors (Lipinski definition) is 4. The first-order valence-electron chi connectivity index (χ1n) is 8.06. The average Bonchev–Trinajstić information content (AvgIpc) is 2.87. The van der Waals surface area contributed by atoms with Gasteiger partial charge in [0.25, 0.3) is 5.91 Å². The number of thiophene rings is 1. The predicted octanol–water partition coefficient (Wildman–Crippen LogP) is 4.74. The smallest absolute Gasteiger partial charge is 0.266 e. The number of carbonyl (C=O) groups excluding carboxylic acids is 1. The number of nitrogens with zero attached hydrogens (tertiary/aromatic N) is 2. The quantitative estimate of drug-likeness (QED) is 0.750. The first kappa shape index (κ1) is 16.6. The number of nitrogens with one attached hydrogen (secondary N) is 1. The maximum absolute atomic E-state index is 12.8. The van der Waals surface area contributed by atoms with Crippen LogP contribution < -0.4 is 5.32 Å². The van der Waals surface area contributed by atoms with Crippen molar-refractivity contribution in [3.8, 4) is 0 Å². The molecule has 1 amide bonds. The minimum absolute atomic E-state index is 0.0834. The number of amides is 1. The van der Waals surface area contributed by atoms with Gasteiger partial charge in [-0.15, -0.1) is 11.3 Å². The molecular formula is C19H21N3OS. The molecule has 5 heteroatoms. The Balaban J connectivity index is 2.01. The molecule has 3 rings (SSSR count). The third kappa shape index (κ3) is 2.91. The van der Waals surface area contributed by atoms with Crippen molar-refractivity contribution < 1.29 is 4.79 Å². The van der Waals surface area contributed by atoms with Crippen LogP contribution in [0.4, 0.5) is 5.69 Å². The number of fused-ring (bicyclic) bond motifs is 1. The highest BCUT2D eigenvalue weighted by atomic mass is 32.1. The Morgan fingerprint density at radius 3 is 2.58 bits per heavy atom. The van der Waals surface area contributed by atoms with Crippen LogP contribution in [0.25, 0.3) is 10.2 Å². The summed E-state index contributed by atoms with van der Waals surface area (Å²) >= 11 is 1.44. The van der Waals surface area contributed by atoms with Crippen molar-refractivity contribution in [2.24, 2.45) is 0 Å². The fourth-order valence-corrected chi connectivity index (χ4v) is 4.05. The van der Waals surface area contributed by atoms with Gasteiger partial charge in [-0.05, 0) is 44.9 Å². The molecule has 1 N–H and O–H groups in total. The van der Waals surface area contributed by atoms with E-state index in [-0.39, 0.29) is 5.91 Å². The maximum Gasteiger partial charge on any atom is 0.266 e. The Morgan fingerprint density at radius 1 is 1.17 bits per heavy atom. The van der Waals surface area contributed by atoms with Crippen LogP contribution in [0.5, 0.6) is 0 Å². The zero-order chi connectivity index (χ0) is 17.4. The molecule has 0 atom stereocenters. The molecule has 0 aliphatic rings. The van der Waals surface area contributed by atoms with Crippen LogP contribution in [-0.2, 0) is 6.42 Å². The molecule has 0 saturated carbocycles. The first-order chi connectivity index (χ1) is 11.4. The number of carbonyl (C=O) groups is 1. The van der Waals surface area contributed by atoms with Crippen molar-refractivity contribution in [1.29, 1.82) is 0 Å². The molecule has 24 heavy (non-hydrogen) atoms. The Labute approximate surface area is 146 Å². The lowest BCUT2D eigenvalue weighted by atomic mass is 10.1. The molecule has 0 aliphatic carbocycles. The van der Waals surface area contributed by atoms with Gasteiger partial charge in [0.2, 0.25) is 0 Å². The van der Waals surface area contributed by atoms with E-state index in [2.05, 4.69) is 21.4 Å². The van der Waals surface area contributed by atoms with E-state index in [9.17, 15) is 4.79 Å². The number of aromatic nitrogens is 2. The van der Waals surface area contributed by atoms with E-state index in [1.165, 1.54) is 16.9 Å². The molecule has 0 unspecified atom stereocenters. The lowest BCUT2D eigenvalue weighted by Gasteiger charge is -2.08. The lowest BCUT2D eigenvalue weighted by Crippen LogP contribution is -2.12. The van der Waals surface area contributed by atoms with Crippen LogP contribution in [-0.4, -0.2) is 15.9 Å². The highest BCUT2D eigenvalue weighted by molar-refractivity contribution is 7.20. The largest absolute Gasteiger partial charge is 0.321 e. The van der Waals surface area contributed by atoms with Crippen molar-refractivity contribution in [3.63, 3.8) is 0 Å². The van der Waals surface area contributed by atoms with Crippen LogP contribution in [0.1, 0.15) is 44.8 Å². The molecule has 2 aromatic heterocycles. The Bertz CT molecular complexity index is 943. The maximum atomic E-state index is 12.8. The second-order valence-electron chi connectivity index (χ2n) is 6.09. The lowest BCUT2D eigenvalue weighted by molar-refractivity contribution is 0.103. The highest BCUT2D eigenvalue weighted by Crippen LogP contribution is 2.32. The standard InChI is InChI=1S/C19H21N3OS/c1-6-15-20-13(5)16-12(4)17(24-19(16)22-15)18(23)21-14-8-7-10(2)9-11(14)3/h7-9H,6H2,1-5H3,(H,21,23). The number of anilines is 1. The van der Waals surface area contributed by atoms with Gasteiger partial charge in [0.1, 0.15) is 10.7 Å². The van der Waals surface area contributed by atoms with Gasteiger partial charge >= 0.3 is 0 Å². The second-order valence-corrected chi connectivity index (χ2v) is 7.09. The third-order valence-corrected chi connectivity index (χ3v) is 5.35. The molecule has 3 aromatic rings. The van der Waals surface area contributed by atoms with E-state index in [0.29, 0.717) is 4.88 Å². The van der Waals surface area contributed by atoms with Crippen molar-refractivity contribution >= 4 is 33.1 Å². The monoisotopic (exact) mass is 339 g/mol. The van der Waals surface area contributed by atoms with E-state index in [4.69, 9.17) is 0 Å². The molecule has 0 bridgehead atoms. The molecular weight excluding hydrogens is 318 g/mol. The van der Waals surface area contributed by atoms with Crippen LogP contribution in [0.15, 0.2) is 18.2 Å². The molecule has 124 valence electrons. The van der Waals surface area contributed by atoms with Gasteiger partial charge in [-0.2, -0.15) is 0 Å². The Morgan fingerprint density at radius 2 is 1.92 bits per heavy atom. The van der Waals surface area contributed by atoms with E-state index < -0.39 is 0 Å². The molecule has 2 heterocycles. The SMILES string of the molecule is CCc1nc(C)c2c(C)c(C(=O)Nc3ccc(C)cc3C)sc2n1. The average molecular weight is 339 g/mol. The summed E-state index contributed by atoms with van der Waals surface area (Å²) in [6.45, 7) is 10.0. The summed E-state index contributed by atoms with van der Waals surface area (Å²) in [5.41, 5.74) is 4.99. The summed E-state index contributed by atoms with van der Waals surface area (Å²) in [5.74, 6) is 0.738. The van der Waals surface area contributed by atoms with Gasteiger partial charge in [-0.1, -0.05) is 24.6 Å². The van der Waals surface area contributed by atoms with Gasteiger partial charge in [0, 0.05) is 23.2 Å². The summed E-state index contributed by atoms with van der Waals surface area (Å²) in [5, 5.41) is 4.03. The number of rotatable bonds is 3. The van der Waals surface area contributed by atoms with E-state index in [1.807, 2.05) is 46.8 Å². The number of aryl methyl sites for hydroxylation is 5. The fourth-order valence-electron chi connectivity index (χ4n) is 2.90. The summed E-state index contributed by atoms with van der Waals surface area (Å²) in [4.78, 5) is 23.5. The normalized spacial score (nSPS) is 11.0. The molecule has 1 aromatic carbocycles. The van der Waals surface area contributed by atoms with Gasteiger partial charge in [0.05, 0.1) is 4.88 Å². The van der Waals surface area contributed by atoms with E-state index in [1.54, 1.807) is 0 Å². The minimum Gasteiger partial charge on any atom is -0.321 e. The van der Waals surface area contributed by atoms with Gasteiger partial charge in [-0.3, -0.25) is 4.79 Å². The van der Waals surface area contributed by atoms with Crippen LogP contribution in [0.3, 0.4) is 0 Å². The van der Waals surface area contributed by atoms with Crippen molar-refractivity contribution in [2.75, 3.05) is 5.32 Å².